The van der Waals surface area contributed by atoms with Gasteiger partial charge in [0.15, 0.2) is 5.78 Å². The van der Waals surface area contributed by atoms with Crippen molar-refractivity contribution in [3.05, 3.63) is 23.5 Å². The van der Waals surface area contributed by atoms with E-state index in [0.717, 1.165) is 5.69 Å². The zero-order valence-electron chi connectivity index (χ0n) is 5.85. The first-order valence-electron chi connectivity index (χ1n) is 3.13. The molecule has 54 valence electrons. The Balaban J connectivity index is 2.85. The van der Waals surface area contributed by atoms with Crippen molar-refractivity contribution >= 4 is 5.78 Å². The summed E-state index contributed by atoms with van der Waals surface area (Å²) >= 11 is 0. The van der Waals surface area contributed by atoms with Gasteiger partial charge in [-0.2, -0.15) is 0 Å². The van der Waals surface area contributed by atoms with Crippen molar-refractivity contribution in [2.45, 2.75) is 6.92 Å². The zero-order chi connectivity index (χ0) is 7.56. The standard InChI is InChI=1S/C7H10N2O/c1-5-2-3-6(9-5)7(10)4-8/h2-3,9H,4,8H2,1H3. The van der Waals surface area contributed by atoms with Gasteiger partial charge in [0.25, 0.3) is 0 Å². The van der Waals surface area contributed by atoms with Crippen LogP contribution in [0.15, 0.2) is 12.1 Å². The Morgan fingerprint density at radius 2 is 2.40 bits per heavy atom. The van der Waals surface area contributed by atoms with Crippen LogP contribution in [-0.4, -0.2) is 17.3 Å². The van der Waals surface area contributed by atoms with Crippen molar-refractivity contribution < 1.29 is 4.79 Å². The van der Waals surface area contributed by atoms with Crippen molar-refractivity contribution in [2.75, 3.05) is 6.54 Å². The predicted molar refractivity (Wildman–Crippen MR) is 38.9 cm³/mol. The van der Waals surface area contributed by atoms with Crippen LogP contribution in [-0.2, 0) is 0 Å². The Hall–Kier alpha value is -1.09. The second-order valence-corrected chi connectivity index (χ2v) is 2.18. The molecule has 10 heavy (non-hydrogen) atoms. The molecule has 0 atom stereocenters. The number of Topliss-reactive ketones (excluding diaryl/α,β-unsaturated/α-hetero) is 1. The second kappa shape index (κ2) is 2.66. The van der Waals surface area contributed by atoms with E-state index in [2.05, 4.69) is 4.98 Å². The van der Waals surface area contributed by atoms with Crippen LogP contribution in [0.25, 0.3) is 0 Å². The van der Waals surface area contributed by atoms with E-state index in [0.29, 0.717) is 5.69 Å². The number of nitrogens with one attached hydrogen (secondary N) is 1. The van der Waals surface area contributed by atoms with Gasteiger partial charge < -0.3 is 10.7 Å². The SMILES string of the molecule is Cc1ccc(C(=O)CN)[nH]1. The number of carbonyl (C=O) groups excluding carboxylic acids is 1. The first kappa shape index (κ1) is 7.02. The molecule has 1 heterocycles. The van der Waals surface area contributed by atoms with Gasteiger partial charge in [-0.3, -0.25) is 4.79 Å². The van der Waals surface area contributed by atoms with Crippen LogP contribution < -0.4 is 5.73 Å². The fourth-order valence-electron chi connectivity index (χ4n) is 0.777. The fourth-order valence-corrected chi connectivity index (χ4v) is 0.777. The van der Waals surface area contributed by atoms with Gasteiger partial charge in [-0.15, -0.1) is 0 Å². The van der Waals surface area contributed by atoms with Crippen LogP contribution in [0.5, 0.6) is 0 Å². The maximum absolute atomic E-state index is 10.9. The van der Waals surface area contributed by atoms with E-state index < -0.39 is 0 Å². The highest BCUT2D eigenvalue weighted by Gasteiger charge is 2.02. The Morgan fingerprint density at radius 1 is 1.70 bits per heavy atom. The number of nitrogens with two attached hydrogens (primary N) is 1. The minimum atomic E-state index is -0.0481. The van der Waals surface area contributed by atoms with Gasteiger partial charge in [0.1, 0.15) is 0 Å². The number of carbonyl (C=O) groups is 1. The number of aromatic nitrogens is 1. The van der Waals surface area contributed by atoms with E-state index in [9.17, 15) is 4.79 Å². The molecule has 3 heteroatoms. The molecule has 3 N–H and O–H groups in total. The molecule has 0 radical (unpaired) electrons. The summed E-state index contributed by atoms with van der Waals surface area (Å²) in [5.41, 5.74) is 6.72. The third-order valence-electron chi connectivity index (χ3n) is 1.32. The highest BCUT2D eigenvalue weighted by molar-refractivity contribution is 5.95. The molecule has 3 nitrogen and oxygen atoms in total. The molecule has 0 aliphatic carbocycles. The number of aromatic amines is 1. The van der Waals surface area contributed by atoms with E-state index in [1.807, 2.05) is 13.0 Å². The lowest BCUT2D eigenvalue weighted by atomic mass is 10.3. The summed E-state index contributed by atoms with van der Waals surface area (Å²) < 4.78 is 0. The summed E-state index contributed by atoms with van der Waals surface area (Å²) in [7, 11) is 0. The van der Waals surface area contributed by atoms with Gasteiger partial charge in [-0.25, -0.2) is 0 Å². The molecule has 0 aromatic carbocycles. The second-order valence-electron chi connectivity index (χ2n) is 2.18. The van der Waals surface area contributed by atoms with E-state index >= 15 is 0 Å². The molecule has 0 aliphatic rings. The van der Waals surface area contributed by atoms with Crippen molar-refractivity contribution in [1.29, 1.82) is 0 Å². The van der Waals surface area contributed by atoms with Crippen molar-refractivity contribution in [2.24, 2.45) is 5.73 Å². The van der Waals surface area contributed by atoms with Crippen LogP contribution in [0.1, 0.15) is 16.2 Å². The van der Waals surface area contributed by atoms with Crippen LogP contribution >= 0.6 is 0 Å². The summed E-state index contributed by atoms with van der Waals surface area (Å²) in [6, 6.07) is 3.59. The molecule has 0 bridgehead atoms. The van der Waals surface area contributed by atoms with Crippen molar-refractivity contribution in [3.8, 4) is 0 Å². The number of rotatable bonds is 2. The first-order chi connectivity index (χ1) is 4.74. The maximum Gasteiger partial charge on any atom is 0.192 e. The number of H-pyrrole nitrogens is 1. The summed E-state index contributed by atoms with van der Waals surface area (Å²) in [5, 5.41) is 0. The van der Waals surface area contributed by atoms with Crippen LogP contribution in [0, 0.1) is 6.92 Å². The Labute approximate surface area is 59.2 Å². The van der Waals surface area contributed by atoms with Gasteiger partial charge in [-0.1, -0.05) is 0 Å². The third kappa shape index (κ3) is 1.25. The maximum atomic E-state index is 10.9. The van der Waals surface area contributed by atoms with Gasteiger partial charge in [0, 0.05) is 5.69 Å². The molecule has 1 aromatic heterocycles. The first-order valence-corrected chi connectivity index (χ1v) is 3.13. The number of hydrogen-bond acceptors (Lipinski definition) is 2. The van der Waals surface area contributed by atoms with E-state index in [4.69, 9.17) is 5.73 Å². The Morgan fingerprint density at radius 3 is 2.80 bits per heavy atom. The topological polar surface area (TPSA) is 58.9 Å². The molecule has 0 spiro atoms. The zero-order valence-corrected chi connectivity index (χ0v) is 5.85. The molecular weight excluding hydrogens is 128 g/mol. The minimum Gasteiger partial charge on any atom is -0.356 e. The predicted octanol–water partition coefficient (Wildman–Crippen LogP) is 0.465. The van der Waals surface area contributed by atoms with E-state index in [1.165, 1.54) is 0 Å². The molecule has 0 saturated carbocycles. The smallest absolute Gasteiger partial charge is 0.192 e. The Kier molecular flexibility index (Phi) is 1.87. The van der Waals surface area contributed by atoms with Gasteiger partial charge in [-0.05, 0) is 19.1 Å². The quantitative estimate of drug-likeness (QED) is 0.583. The lowest BCUT2D eigenvalue weighted by molar-refractivity contribution is 0.0997. The molecule has 0 aliphatic heterocycles. The number of hydrogen-bond donors (Lipinski definition) is 2. The highest BCUT2D eigenvalue weighted by atomic mass is 16.1. The van der Waals surface area contributed by atoms with E-state index in [-0.39, 0.29) is 12.3 Å². The summed E-state index contributed by atoms with van der Waals surface area (Å²) in [6.45, 7) is 1.97. The highest BCUT2D eigenvalue weighted by Crippen LogP contribution is 1.99. The molecule has 0 amide bonds. The number of aryl methyl sites for hydroxylation is 1. The average molecular weight is 138 g/mol. The monoisotopic (exact) mass is 138 g/mol. The summed E-state index contributed by atoms with van der Waals surface area (Å²) in [5.74, 6) is -0.0481. The van der Waals surface area contributed by atoms with Crippen LogP contribution in [0.3, 0.4) is 0 Å². The lowest BCUT2D eigenvalue weighted by Crippen LogP contribution is -2.13. The van der Waals surface area contributed by atoms with Crippen molar-refractivity contribution in [3.63, 3.8) is 0 Å². The average Bonchev–Trinajstić information content (AvgIpc) is 2.34. The Bertz CT molecular complexity index is 240. The molecule has 0 fully saturated rings. The molecule has 0 unspecified atom stereocenters. The van der Waals surface area contributed by atoms with E-state index in [1.54, 1.807) is 6.07 Å². The van der Waals surface area contributed by atoms with Gasteiger partial charge in [0.2, 0.25) is 0 Å². The molecule has 1 aromatic rings. The third-order valence-corrected chi connectivity index (χ3v) is 1.32. The number of ketones is 1. The van der Waals surface area contributed by atoms with Crippen molar-refractivity contribution in [1.82, 2.24) is 4.98 Å². The fraction of sp³-hybridized carbons (Fsp3) is 0.286. The summed E-state index contributed by atoms with van der Waals surface area (Å²) in [4.78, 5) is 13.8. The molecule has 1 rings (SSSR count). The molecular formula is C7H10N2O. The minimum absolute atomic E-state index is 0.0481. The van der Waals surface area contributed by atoms with Crippen LogP contribution in [0.2, 0.25) is 0 Å². The normalized spacial score (nSPS) is 9.80. The largest absolute Gasteiger partial charge is 0.356 e. The van der Waals surface area contributed by atoms with Crippen LogP contribution in [0.4, 0.5) is 0 Å². The van der Waals surface area contributed by atoms with Gasteiger partial charge >= 0.3 is 0 Å². The summed E-state index contributed by atoms with van der Waals surface area (Å²) in [6.07, 6.45) is 0. The molecule has 0 saturated heterocycles. The lowest BCUT2D eigenvalue weighted by Gasteiger charge is -1.89. The van der Waals surface area contributed by atoms with Gasteiger partial charge in [0.05, 0.1) is 12.2 Å².